The number of aliphatic hydroxyl groups is 1. The van der Waals surface area contributed by atoms with Crippen LogP contribution in [0.2, 0.25) is 5.04 Å². The molecule has 0 radical (unpaired) electrons. The minimum Gasteiger partial charge on any atom is -0.405 e. The molecule has 1 aliphatic rings. The van der Waals surface area contributed by atoms with Gasteiger partial charge in [0, 0.05) is 12.0 Å². The summed E-state index contributed by atoms with van der Waals surface area (Å²) >= 11 is 0. The minimum atomic E-state index is -2.89. The quantitative estimate of drug-likeness (QED) is 0.109. The summed E-state index contributed by atoms with van der Waals surface area (Å²) in [4.78, 5) is 2.97. The predicted molar refractivity (Wildman–Crippen MR) is 171 cm³/mol. The van der Waals surface area contributed by atoms with Crippen LogP contribution < -0.4 is 10.4 Å². The number of hydrogen-bond donors (Lipinski definition) is 1. The van der Waals surface area contributed by atoms with Crippen LogP contribution in [0, 0.1) is 0 Å². The summed E-state index contributed by atoms with van der Waals surface area (Å²) in [7, 11) is -1.38. The summed E-state index contributed by atoms with van der Waals surface area (Å²) in [5, 5.41) is 19.5. The number of rotatable bonds is 10. The first-order chi connectivity index (χ1) is 20.8. The lowest BCUT2D eigenvalue weighted by Crippen LogP contribution is -2.68. The van der Waals surface area contributed by atoms with Crippen LogP contribution in [0.5, 0.6) is 0 Å². The van der Waals surface area contributed by atoms with Gasteiger partial charge in [0.15, 0.2) is 6.29 Å². The van der Waals surface area contributed by atoms with Crippen molar-refractivity contribution in [1.29, 1.82) is 0 Å². The standard InChI is InChI=1S/C34H39N3O5Si/c1-34(2,3)43(27-15-7-5-8-16-27,28-17-9-6-10-18-28)41-23-29-32(39-4)31(38)30(36-37-35)33(42-29)40-22-24-19-20-25-13-11-12-14-26(25)21-24/h5-21,29-33,38H,22-23H2,1-4H3/t29?,30?,31-,32-,33?/m1/s1. The summed E-state index contributed by atoms with van der Waals surface area (Å²) < 4.78 is 25.5. The van der Waals surface area contributed by atoms with E-state index in [0.717, 1.165) is 26.7 Å². The van der Waals surface area contributed by atoms with Crippen molar-refractivity contribution in [3.63, 3.8) is 0 Å². The van der Waals surface area contributed by atoms with E-state index in [9.17, 15) is 10.6 Å². The molecule has 0 amide bonds. The van der Waals surface area contributed by atoms with Crippen molar-refractivity contribution < 1.29 is 23.7 Å². The number of aliphatic hydroxyl groups excluding tert-OH is 1. The summed E-state index contributed by atoms with van der Waals surface area (Å²) in [6.07, 6.45) is -3.65. The average molecular weight is 598 g/mol. The van der Waals surface area contributed by atoms with Gasteiger partial charge in [-0.25, -0.2) is 0 Å². The third kappa shape index (κ3) is 6.39. The second-order valence-corrected chi connectivity index (χ2v) is 16.2. The minimum absolute atomic E-state index is 0.141. The smallest absolute Gasteiger partial charge is 0.261 e. The molecule has 4 aromatic rings. The van der Waals surface area contributed by atoms with Crippen molar-refractivity contribution in [2.45, 2.75) is 63.1 Å². The van der Waals surface area contributed by atoms with E-state index in [1.807, 2.05) is 66.7 Å². The lowest BCUT2D eigenvalue weighted by Gasteiger charge is -2.46. The van der Waals surface area contributed by atoms with E-state index < -0.39 is 39.0 Å². The van der Waals surface area contributed by atoms with Gasteiger partial charge in [0.25, 0.3) is 8.32 Å². The van der Waals surface area contributed by atoms with E-state index in [1.165, 1.54) is 7.11 Å². The number of azide groups is 1. The maximum absolute atomic E-state index is 11.4. The summed E-state index contributed by atoms with van der Waals surface area (Å²) in [5.41, 5.74) is 10.2. The molecule has 0 saturated carbocycles. The highest BCUT2D eigenvalue weighted by atomic mass is 28.4. The molecule has 1 aliphatic heterocycles. The number of nitrogens with zero attached hydrogens (tertiary/aromatic N) is 3. The highest BCUT2D eigenvalue weighted by Gasteiger charge is 2.52. The first kappa shape index (κ1) is 30.9. The van der Waals surface area contributed by atoms with E-state index >= 15 is 0 Å². The Morgan fingerprint density at radius 1 is 0.884 bits per heavy atom. The van der Waals surface area contributed by atoms with Crippen LogP contribution in [0.1, 0.15) is 26.3 Å². The van der Waals surface area contributed by atoms with Crippen LogP contribution in [0.25, 0.3) is 21.2 Å². The molecule has 224 valence electrons. The van der Waals surface area contributed by atoms with Crippen molar-refractivity contribution in [2.24, 2.45) is 5.11 Å². The second-order valence-electron chi connectivity index (χ2n) is 11.9. The third-order valence-corrected chi connectivity index (χ3v) is 13.2. The molecule has 0 aromatic heterocycles. The Hall–Kier alpha value is -3.53. The molecular formula is C34H39N3O5Si. The van der Waals surface area contributed by atoms with Gasteiger partial charge in [-0.15, -0.1) is 0 Å². The Morgan fingerprint density at radius 2 is 1.49 bits per heavy atom. The molecule has 5 atom stereocenters. The van der Waals surface area contributed by atoms with Crippen molar-refractivity contribution in [3.8, 4) is 0 Å². The number of hydrogen-bond acceptors (Lipinski definition) is 6. The Labute approximate surface area is 253 Å². The fourth-order valence-corrected chi connectivity index (χ4v) is 10.7. The highest BCUT2D eigenvalue weighted by molar-refractivity contribution is 6.99. The van der Waals surface area contributed by atoms with E-state index in [2.05, 4.69) is 67.2 Å². The van der Waals surface area contributed by atoms with Gasteiger partial charge in [-0.3, -0.25) is 0 Å². The largest absolute Gasteiger partial charge is 0.405 e. The Kier molecular flexibility index (Phi) is 9.64. The number of methoxy groups -OCH3 is 1. The lowest BCUT2D eigenvalue weighted by molar-refractivity contribution is -0.272. The van der Waals surface area contributed by atoms with Gasteiger partial charge < -0.3 is 23.7 Å². The summed E-state index contributed by atoms with van der Waals surface area (Å²) in [6, 6.07) is 33.8. The SMILES string of the molecule is CO[C@@H]1C(CO[Si](c2ccccc2)(c2ccccc2)C(C)(C)C)OC(OCc2ccc3ccccc3c2)C(N=[N+]=[N-])[C@H]1O. The summed E-state index contributed by atoms with van der Waals surface area (Å²) in [6.45, 7) is 6.96. The number of ether oxygens (including phenoxy) is 3. The molecule has 1 heterocycles. The zero-order chi connectivity index (χ0) is 30.5. The van der Waals surface area contributed by atoms with Crippen molar-refractivity contribution >= 4 is 29.5 Å². The van der Waals surface area contributed by atoms with Gasteiger partial charge in [0.1, 0.15) is 18.2 Å². The van der Waals surface area contributed by atoms with Gasteiger partial charge in [-0.05, 0) is 43.3 Å². The van der Waals surface area contributed by atoms with Gasteiger partial charge in [0.05, 0.1) is 19.3 Å². The molecule has 4 aromatic carbocycles. The number of benzene rings is 4. The zero-order valence-corrected chi connectivity index (χ0v) is 26.0. The molecule has 1 saturated heterocycles. The zero-order valence-electron chi connectivity index (χ0n) is 25.0. The van der Waals surface area contributed by atoms with E-state index in [-0.39, 0.29) is 18.3 Å². The van der Waals surface area contributed by atoms with Crippen LogP contribution in [0.3, 0.4) is 0 Å². The third-order valence-electron chi connectivity index (χ3n) is 8.21. The second kappa shape index (κ2) is 13.4. The molecular weight excluding hydrogens is 558 g/mol. The van der Waals surface area contributed by atoms with E-state index in [4.69, 9.17) is 18.6 Å². The van der Waals surface area contributed by atoms with Crippen LogP contribution in [-0.4, -0.2) is 57.8 Å². The van der Waals surface area contributed by atoms with Gasteiger partial charge in [-0.1, -0.05) is 123 Å². The van der Waals surface area contributed by atoms with Crippen molar-refractivity contribution in [2.75, 3.05) is 13.7 Å². The van der Waals surface area contributed by atoms with Crippen LogP contribution in [0.15, 0.2) is 108 Å². The van der Waals surface area contributed by atoms with Crippen molar-refractivity contribution in [3.05, 3.63) is 119 Å². The fourth-order valence-electron chi connectivity index (χ4n) is 6.13. The predicted octanol–water partition coefficient (Wildman–Crippen LogP) is 5.71. The molecule has 0 spiro atoms. The monoisotopic (exact) mass is 597 g/mol. The Balaban J connectivity index is 1.44. The summed E-state index contributed by atoms with van der Waals surface area (Å²) in [5.74, 6) is 0. The average Bonchev–Trinajstić information content (AvgIpc) is 3.02. The van der Waals surface area contributed by atoms with Crippen LogP contribution in [0.4, 0.5) is 0 Å². The molecule has 1 fully saturated rings. The topological polar surface area (TPSA) is 106 Å². The molecule has 1 N–H and O–H groups in total. The number of fused-ring (bicyclic) bond motifs is 1. The fraction of sp³-hybridized carbons (Fsp3) is 0.353. The normalized spacial score (nSPS) is 22.7. The molecule has 3 unspecified atom stereocenters. The highest BCUT2D eigenvalue weighted by Crippen LogP contribution is 2.38. The van der Waals surface area contributed by atoms with Gasteiger partial charge in [-0.2, -0.15) is 0 Å². The lowest BCUT2D eigenvalue weighted by atomic mass is 9.97. The maximum Gasteiger partial charge on any atom is 0.261 e. The molecule has 8 nitrogen and oxygen atoms in total. The first-order valence-electron chi connectivity index (χ1n) is 14.5. The Bertz CT molecular complexity index is 1500. The van der Waals surface area contributed by atoms with E-state index in [1.54, 1.807) is 0 Å². The Morgan fingerprint density at radius 3 is 2.07 bits per heavy atom. The molecule has 43 heavy (non-hydrogen) atoms. The molecule has 0 aliphatic carbocycles. The molecule has 9 heteroatoms. The maximum atomic E-state index is 11.4. The van der Waals surface area contributed by atoms with E-state index in [0.29, 0.717) is 0 Å². The van der Waals surface area contributed by atoms with Gasteiger partial charge >= 0.3 is 0 Å². The van der Waals surface area contributed by atoms with Crippen LogP contribution in [-0.2, 0) is 25.2 Å². The first-order valence-corrected chi connectivity index (χ1v) is 16.4. The van der Waals surface area contributed by atoms with Crippen LogP contribution >= 0.6 is 0 Å². The van der Waals surface area contributed by atoms with Gasteiger partial charge in [0.2, 0.25) is 0 Å². The van der Waals surface area contributed by atoms with Crippen molar-refractivity contribution in [1.82, 2.24) is 0 Å². The molecule has 5 rings (SSSR count). The molecule has 0 bridgehead atoms.